The van der Waals surface area contributed by atoms with Gasteiger partial charge >= 0.3 is 0 Å². The molecule has 0 bridgehead atoms. The van der Waals surface area contributed by atoms with Crippen LogP contribution in [-0.2, 0) is 10.8 Å². The van der Waals surface area contributed by atoms with Crippen molar-refractivity contribution in [2.75, 3.05) is 16.8 Å². The summed E-state index contributed by atoms with van der Waals surface area (Å²) in [6.45, 7) is 1.88. The van der Waals surface area contributed by atoms with Gasteiger partial charge in [-0.1, -0.05) is 6.07 Å². The standard InChI is InChI=1S/C12H17NO2S/c1-9-2-3-11(8-12(9)14)13-10-4-6-16(15)7-5-10/h2-3,8,10,13-14H,4-7H2,1H3. The van der Waals surface area contributed by atoms with Gasteiger partial charge in [0.05, 0.1) is 0 Å². The molecular weight excluding hydrogens is 222 g/mol. The van der Waals surface area contributed by atoms with E-state index in [0.717, 1.165) is 35.6 Å². The second-order valence-corrected chi connectivity index (χ2v) is 5.96. The van der Waals surface area contributed by atoms with E-state index in [1.165, 1.54) is 0 Å². The number of anilines is 1. The molecule has 0 aromatic heterocycles. The number of aryl methyl sites for hydroxylation is 1. The van der Waals surface area contributed by atoms with Crippen molar-refractivity contribution in [1.82, 2.24) is 0 Å². The summed E-state index contributed by atoms with van der Waals surface area (Å²) in [4.78, 5) is 0. The highest BCUT2D eigenvalue weighted by molar-refractivity contribution is 7.85. The Bertz CT molecular complexity index is 396. The van der Waals surface area contributed by atoms with Gasteiger partial charge in [-0.2, -0.15) is 0 Å². The average Bonchev–Trinajstić information content (AvgIpc) is 2.27. The molecule has 0 aliphatic carbocycles. The van der Waals surface area contributed by atoms with Crippen LogP contribution >= 0.6 is 0 Å². The van der Waals surface area contributed by atoms with Gasteiger partial charge in [0.2, 0.25) is 0 Å². The maximum Gasteiger partial charge on any atom is 0.120 e. The third kappa shape index (κ3) is 2.76. The quantitative estimate of drug-likeness (QED) is 0.830. The van der Waals surface area contributed by atoms with Gasteiger partial charge in [0.25, 0.3) is 0 Å². The fourth-order valence-corrected chi connectivity index (χ4v) is 3.17. The maximum atomic E-state index is 11.2. The average molecular weight is 239 g/mol. The largest absolute Gasteiger partial charge is 0.508 e. The number of benzene rings is 1. The lowest BCUT2D eigenvalue weighted by Gasteiger charge is -2.23. The molecule has 0 atom stereocenters. The zero-order valence-corrected chi connectivity index (χ0v) is 10.2. The van der Waals surface area contributed by atoms with Crippen molar-refractivity contribution in [2.24, 2.45) is 0 Å². The molecule has 0 unspecified atom stereocenters. The van der Waals surface area contributed by atoms with Crippen LogP contribution in [0.2, 0.25) is 0 Å². The SMILES string of the molecule is Cc1ccc(NC2CCS(=O)CC2)cc1O. The fourth-order valence-electron chi connectivity index (χ4n) is 1.87. The predicted molar refractivity (Wildman–Crippen MR) is 67.4 cm³/mol. The van der Waals surface area contributed by atoms with Crippen molar-refractivity contribution in [1.29, 1.82) is 0 Å². The lowest BCUT2D eigenvalue weighted by atomic mass is 10.1. The van der Waals surface area contributed by atoms with E-state index >= 15 is 0 Å². The first kappa shape index (κ1) is 11.5. The molecule has 3 nitrogen and oxygen atoms in total. The summed E-state index contributed by atoms with van der Waals surface area (Å²) in [6, 6.07) is 6.01. The third-order valence-corrected chi connectivity index (χ3v) is 4.35. The Morgan fingerprint density at radius 3 is 2.69 bits per heavy atom. The van der Waals surface area contributed by atoms with E-state index in [-0.39, 0.29) is 0 Å². The predicted octanol–water partition coefficient (Wildman–Crippen LogP) is 2.02. The molecule has 2 rings (SSSR count). The first-order chi connectivity index (χ1) is 7.65. The molecule has 1 aliphatic heterocycles. The van der Waals surface area contributed by atoms with Gasteiger partial charge in [-0.3, -0.25) is 4.21 Å². The van der Waals surface area contributed by atoms with E-state index < -0.39 is 10.8 Å². The highest BCUT2D eigenvalue weighted by atomic mass is 32.2. The Morgan fingerprint density at radius 2 is 2.06 bits per heavy atom. The zero-order valence-electron chi connectivity index (χ0n) is 9.40. The summed E-state index contributed by atoms with van der Waals surface area (Å²) in [5.74, 6) is 1.90. The molecule has 0 spiro atoms. The first-order valence-electron chi connectivity index (χ1n) is 5.56. The molecule has 1 aliphatic rings. The van der Waals surface area contributed by atoms with Crippen molar-refractivity contribution >= 4 is 16.5 Å². The van der Waals surface area contributed by atoms with Crippen molar-refractivity contribution in [3.8, 4) is 5.75 Å². The monoisotopic (exact) mass is 239 g/mol. The first-order valence-corrected chi connectivity index (χ1v) is 7.05. The molecule has 16 heavy (non-hydrogen) atoms. The Balaban J connectivity index is 1.98. The van der Waals surface area contributed by atoms with E-state index in [2.05, 4.69) is 5.32 Å². The summed E-state index contributed by atoms with van der Waals surface area (Å²) in [5, 5.41) is 13.0. The summed E-state index contributed by atoms with van der Waals surface area (Å²) in [6.07, 6.45) is 1.89. The molecule has 4 heteroatoms. The minimum absolute atomic E-state index is 0.324. The molecule has 1 aromatic carbocycles. The van der Waals surface area contributed by atoms with Crippen LogP contribution in [0.4, 0.5) is 5.69 Å². The van der Waals surface area contributed by atoms with Gasteiger partial charge in [0.1, 0.15) is 5.75 Å². The van der Waals surface area contributed by atoms with Crippen molar-refractivity contribution in [2.45, 2.75) is 25.8 Å². The normalized spacial score (nSPS) is 25.3. The van der Waals surface area contributed by atoms with E-state index in [1.807, 2.05) is 19.1 Å². The number of phenolic OH excluding ortho intramolecular Hbond substituents is 1. The molecule has 2 N–H and O–H groups in total. The Labute approximate surface area is 98.3 Å². The van der Waals surface area contributed by atoms with Gasteiger partial charge in [-0.05, 0) is 31.4 Å². The minimum Gasteiger partial charge on any atom is -0.508 e. The molecule has 1 saturated heterocycles. The van der Waals surface area contributed by atoms with Crippen molar-refractivity contribution in [3.63, 3.8) is 0 Å². The number of rotatable bonds is 2. The van der Waals surface area contributed by atoms with Gasteiger partial charge in [-0.15, -0.1) is 0 Å². The Kier molecular flexibility index (Phi) is 3.49. The Morgan fingerprint density at radius 1 is 1.38 bits per heavy atom. The van der Waals surface area contributed by atoms with E-state index in [1.54, 1.807) is 6.07 Å². The van der Waals surface area contributed by atoms with Crippen LogP contribution in [0, 0.1) is 6.92 Å². The van der Waals surface area contributed by atoms with E-state index in [9.17, 15) is 9.32 Å². The number of aromatic hydroxyl groups is 1. The van der Waals surface area contributed by atoms with Crippen LogP contribution in [0.3, 0.4) is 0 Å². The van der Waals surface area contributed by atoms with Crippen LogP contribution < -0.4 is 5.32 Å². The molecule has 1 aromatic rings. The van der Waals surface area contributed by atoms with E-state index in [4.69, 9.17) is 0 Å². The van der Waals surface area contributed by atoms with Crippen molar-refractivity contribution in [3.05, 3.63) is 23.8 Å². The highest BCUT2D eigenvalue weighted by Crippen LogP contribution is 2.23. The zero-order chi connectivity index (χ0) is 11.5. The second kappa shape index (κ2) is 4.87. The van der Waals surface area contributed by atoms with Gasteiger partial charge in [0, 0.05) is 40.1 Å². The number of hydrogen-bond donors (Lipinski definition) is 2. The van der Waals surface area contributed by atoms with Crippen LogP contribution in [-0.4, -0.2) is 26.9 Å². The molecule has 1 heterocycles. The number of phenols is 1. The van der Waals surface area contributed by atoms with Crippen LogP contribution in [0.1, 0.15) is 18.4 Å². The summed E-state index contributed by atoms with van der Waals surface area (Å²) in [5.41, 5.74) is 1.83. The van der Waals surface area contributed by atoms with Crippen LogP contribution in [0.25, 0.3) is 0 Å². The summed E-state index contributed by atoms with van der Waals surface area (Å²) >= 11 is 0. The smallest absolute Gasteiger partial charge is 0.120 e. The lowest BCUT2D eigenvalue weighted by molar-refractivity contribution is 0.471. The topological polar surface area (TPSA) is 49.3 Å². The van der Waals surface area contributed by atoms with Crippen molar-refractivity contribution < 1.29 is 9.32 Å². The molecule has 88 valence electrons. The second-order valence-electron chi connectivity index (χ2n) is 4.27. The maximum absolute atomic E-state index is 11.2. The number of nitrogens with one attached hydrogen (secondary N) is 1. The highest BCUT2D eigenvalue weighted by Gasteiger charge is 2.17. The minimum atomic E-state index is -0.616. The molecular formula is C12H17NO2S. The number of hydrogen-bond acceptors (Lipinski definition) is 3. The van der Waals surface area contributed by atoms with Crippen LogP contribution in [0.5, 0.6) is 5.75 Å². The molecule has 0 saturated carbocycles. The fraction of sp³-hybridized carbons (Fsp3) is 0.500. The van der Waals surface area contributed by atoms with Gasteiger partial charge in [-0.25, -0.2) is 0 Å². The van der Waals surface area contributed by atoms with Gasteiger partial charge < -0.3 is 10.4 Å². The van der Waals surface area contributed by atoms with E-state index in [0.29, 0.717) is 11.8 Å². The Hall–Kier alpha value is -1.03. The molecule has 0 radical (unpaired) electrons. The summed E-state index contributed by atoms with van der Waals surface area (Å²) in [7, 11) is -0.616. The van der Waals surface area contributed by atoms with Gasteiger partial charge in [0.15, 0.2) is 0 Å². The van der Waals surface area contributed by atoms with Crippen LogP contribution in [0.15, 0.2) is 18.2 Å². The lowest BCUT2D eigenvalue weighted by Crippen LogP contribution is -2.29. The third-order valence-electron chi connectivity index (χ3n) is 2.97. The molecule has 1 fully saturated rings. The summed E-state index contributed by atoms with van der Waals surface area (Å²) < 4.78 is 11.2. The molecule has 0 amide bonds.